The predicted molar refractivity (Wildman–Crippen MR) is 103 cm³/mol. The molecule has 0 unspecified atom stereocenters. The fourth-order valence-electron chi connectivity index (χ4n) is 2.70. The molecule has 134 valence electrons. The molecule has 7 heteroatoms. The molecule has 6 nitrogen and oxygen atoms in total. The Morgan fingerprint density at radius 3 is 2.73 bits per heavy atom. The predicted octanol–water partition coefficient (Wildman–Crippen LogP) is 4.53. The second kappa shape index (κ2) is 7.53. The first kappa shape index (κ1) is 17.9. The summed E-state index contributed by atoms with van der Waals surface area (Å²) in [5.74, 6) is 0.800. The summed E-state index contributed by atoms with van der Waals surface area (Å²) in [6, 6.07) is 6.69. The molecule has 0 bridgehead atoms. The van der Waals surface area contributed by atoms with Gasteiger partial charge < -0.3 is 15.2 Å². The quantitative estimate of drug-likeness (QED) is 0.664. The average Bonchev–Trinajstić information content (AvgIpc) is 3.16. The molecule has 2 aromatic heterocycles. The fraction of sp³-hybridized carbons (Fsp3) is 0.211. The molecule has 0 aliphatic heterocycles. The number of aromatic carboxylic acids is 1. The van der Waals surface area contributed by atoms with Crippen LogP contribution in [0, 0.1) is 6.92 Å². The number of methoxy groups -OCH3 is 1. The molecular formula is C19H19N3O3S. The zero-order chi connectivity index (χ0) is 18.7. The van der Waals surface area contributed by atoms with Gasteiger partial charge in [0.2, 0.25) is 0 Å². The monoisotopic (exact) mass is 369 g/mol. The number of hydrogen-bond acceptors (Lipinski definition) is 6. The molecule has 1 aromatic carbocycles. The molecule has 0 radical (unpaired) electrons. The van der Waals surface area contributed by atoms with Crippen LogP contribution in [0.15, 0.2) is 35.0 Å². The molecule has 0 aliphatic carbocycles. The summed E-state index contributed by atoms with van der Waals surface area (Å²) in [6.07, 6.45) is 0.771. The lowest BCUT2D eigenvalue weighted by Gasteiger charge is -2.16. The lowest BCUT2D eigenvalue weighted by Crippen LogP contribution is -2.06. The Kier molecular flexibility index (Phi) is 5.18. The third-order valence-electron chi connectivity index (χ3n) is 4.05. The molecule has 0 aliphatic rings. The third-order valence-corrected chi connectivity index (χ3v) is 4.73. The summed E-state index contributed by atoms with van der Waals surface area (Å²) in [6.45, 7) is 4.01. The molecule has 0 saturated carbocycles. The Hall–Kier alpha value is -2.93. The number of thiophene rings is 1. The summed E-state index contributed by atoms with van der Waals surface area (Å²) in [5, 5.41) is 16.4. The van der Waals surface area contributed by atoms with Crippen molar-refractivity contribution in [2.45, 2.75) is 20.3 Å². The van der Waals surface area contributed by atoms with Gasteiger partial charge in [0.25, 0.3) is 0 Å². The number of nitrogens with one attached hydrogen (secondary N) is 1. The first-order chi connectivity index (χ1) is 12.5. The maximum atomic E-state index is 11.2. The number of carboxylic acids is 1. The molecule has 3 rings (SSSR count). The molecule has 3 aromatic rings. The van der Waals surface area contributed by atoms with Gasteiger partial charge in [-0.25, -0.2) is 14.8 Å². The van der Waals surface area contributed by atoms with E-state index in [0.717, 1.165) is 23.2 Å². The largest absolute Gasteiger partial charge is 0.495 e. The number of hydrogen-bond donors (Lipinski definition) is 2. The second-order valence-corrected chi connectivity index (χ2v) is 6.45. The van der Waals surface area contributed by atoms with Crippen molar-refractivity contribution >= 4 is 28.8 Å². The highest BCUT2D eigenvalue weighted by Gasteiger charge is 2.15. The molecule has 0 spiro atoms. The van der Waals surface area contributed by atoms with Gasteiger partial charge >= 0.3 is 5.97 Å². The maximum Gasteiger partial charge on any atom is 0.335 e. The standard InChI is InChI=1S/C19H19N3O3S/c1-4-14-11(2)20-17(13-7-8-26-10-13)22-18(14)21-15-6-5-12(19(23)24)9-16(15)25-3/h5-10H,4H2,1-3H3,(H,23,24)(H,20,21,22). The second-order valence-electron chi connectivity index (χ2n) is 5.67. The first-order valence-electron chi connectivity index (χ1n) is 8.12. The van der Waals surface area contributed by atoms with E-state index in [9.17, 15) is 4.79 Å². The number of carboxylic acid groups (broad SMARTS) is 1. The number of rotatable bonds is 6. The number of ether oxygens (including phenoxy) is 1. The van der Waals surface area contributed by atoms with E-state index < -0.39 is 5.97 Å². The zero-order valence-corrected chi connectivity index (χ0v) is 15.6. The normalized spacial score (nSPS) is 10.6. The fourth-order valence-corrected chi connectivity index (χ4v) is 3.33. The van der Waals surface area contributed by atoms with E-state index in [1.807, 2.05) is 30.7 Å². The first-order valence-corrected chi connectivity index (χ1v) is 9.06. The van der Waals surface area contributed by atoms with Crippen molar-refractivity contribution in [2.24, 2.45) is 0 Å². The topological polar surface area (TPSA) is 84.3 Å². The molecule has 2 N–H and O–H groups in total. The molecule has 0 amide bonds. The van der Waals surface area contributed by atoms with Crippen molar-refractivity contribution in [3.8, 4) is 17.1 Å². The van der Waals surface area contributed by atoms with Gasteiger partial charge in [-0.2, -0.15) is 11.3 Å². The van der Waals surface area contributed by atoms with E-state index in [0.29, 0.717) is 23.1 Å². The van der Waals surface area contributed by atoms with E-state index in [1.165, 1.54) is 19.2 Å². The average molecular weight is 369 g/mol. The van der Waals surface area contributed by atoms with Crippen LogP contribution in [0.2, 0.25) is 0 Å². The Labute approximate surface area is 155 Å². The van der Waals surface area contributed by atoms with Crippen LogP contribution in [0.5, 0.6) is 5.75 Å². The molecule has 2 heterocycles. The SMILES string of the molecule is CCc1c(C)nc(-c2ccsc2)nc1Nc1ccc(C(=O)O)cc1OC. The van der Waals surface area contributed by atoms with E-state index in [1.54, 1.807) is 17.4 Å². The summed E-state index contributed by atoms with van der Waals surface area (Å²) in [5.41, 5.74) is 3.71. The zero-order valence-electron chi connectivity index (χ0n) is 14.7. The highest BCUT2D eigenvalue weighted by Crippen LogP contribution is 2.31. The van der Waals surface area contributed by atoms with Crippen molar-refractivity contribution in [2.75, 3.05) is 12.4 Å². The smallest absolute Gasteiger partial charge is 0.335 e. The maximum absolute atomic E-state index is 11.2. The van der Waals surface area contributed by atoms with Crippen molar-refractivity contribution < 1.29 is 14.6 Å². The van der Waals surface area contributed by atoms with Gasteiger partial charge in [0, 0.05) is 22.2 Å². The van der Waals surface area contributed by atoms with Gasteiger partial charge in [0.05, 0.1) is 18.4 Å². The van der Waals surface area contributed by atoms with E-state index >= 15 is 0 Å². The van der Waals surface area contributed by atoms with Gasteiger partial charge in [0.1, 0.15) is 11.6 Å². The van der Waals surface area contributed by atoms with Gasteiger partial charge in [-0.1, -0.05) is 6.92 Å². The van der Waals surface area contributed by atoms with Crippen molar-refractivity contribution in [1.29, 1.82) is 0 Å². The van der Waals surface area contributed by atoms with Crippen molar-refractivity contribution in [1.82, 2.24) is 9.97 Å². The third kappa shape index (κ3) is 3.52. The Morgan fingerprint density at radius 1 is 1.31 bits per heavy atom. The Morgan fingerprint density at radius 2 is 2.12 bits per heavy atom. The number of anilines is 2. The van der Waals surface area contributed by atoms with E-state index in [-0.39, 0.29) is 5.56 Å². The van der Waals surface area contributed by atoms with Gasteiger partial charge in [-0.3, -0.25) is 0 Å². The molecule has 0 atom stereocenters. The molecule has 26 heavy (non-hydrogen) atoms. The summed E-state index contributed by atoms with van der Waals surface area (Å²) < 4.78 is 5.35. The van der Waals surface area contributed by atoms with Crippen molar-refractivity contribution in [3.05, 3.63) is 51.8 Å². The van der Waals surface area contributed by atoms with Crippen LogP contribution in [-0.2, 0) is 6.42 Å². The van der Waals surface area contributed by atoms with Crippen LogP contribution < -0.4 is 10.1 Å². The van der Waals surface area contributed by atoms with Gasteiger partial charge in [0.15, 0.2) is 5.82 Å². The minimum Gasteiger partial charge on any atom is -0.495 e. The van der Waals surface area contributed by atoms with Gasteiger partial charge in [-0.15, -0.1) is 0 Å². The van der Waals surface area contributed by atoms with Crippen LogP contribution in [0.25, 0.3) is 11.4 Å². The number of aryl methyl sites for hydroxylation is 1. The number of nitrogens with zero attached hydrogens (tertiary/aromatic N) is 2. The van der Waals surface area contributed by atoms with Crippen LogP contribution in [0.1, 0.15) is 28.5 Å². The van der Waals surface area contributed by atoms with Crippen LogP contribution >= 0.6 is 11.3 Å². The highest BCUT2D eigenvalue weighted by atomic mass is 32.1. The number of benzene rings is 1. The summed E-state index contributed by atoms with van der Waals surface area (Å²) >= 11 is 1.59. The lowest BCUT2D eigenvalue weighted by atomic mass is 10.1. The summed E-state index contributed by atoms with van der Waals surface area (Å²) in [7, 11) is 1.51. The Bertz CT molecular complexity index is 939. The van der Waals surface area contributed by atoms with Crippen LogP contribution in [0.4, 0.5) is 11.5 Å². The van der Waals surface area contributed by atoms with E-state index in [2.05, 4.69) is 15.3 Å². The Balaban J connectivity index is 2.05. The van der Waals surface area contributed by atoms with Crippen LogP contribution in [0.3, 0.4) is 0 Å². The minimum absolute atomic E-state index is 0.168. The molecule has 0 fully saturated rings. The minimum atomic E-state index is -0.998. The van der Waals surface area contributed by atoms with Gasteiger partial charge in [-0.05, 0) is 43.0 Å². The van der Waals surface area contributed by atoms with Crippen molar-refractivity contribution in [3.63, 3.8) is 0 Å². The molecular weight excluding hydrogens is 350 g/mol. The van der Waals surface area contributed by atoms with E-state index in [4.69, 9.17) is 9.84 Å². The summed E-state index contributed by atoms with van der Waals surface area (Å²) in [4.78, 5) is 20.5. The number of carbonyl (C=O) groups is 1. The van der Waals surface area contributed by atoms with Crippen LogP contribution in [-0.4, -0.2) is 28.2 Å². The highest BCUT2D eigenvalue weighted by molar-refractivity contribution is 7.08. The lowest BCUT2D eigenvalue weighted by molar-refractivity contribution is 0.0696. The molecule has 0 saturated heterocycles. The number of aromatic nitrogens is 2.